The van der Waals surface area contributed by atoms with Gasteiger partial charge in [-0.25, -0.2) is 0 Å². The summed E-state index contributed by atoms with van der Waals surface area (Å²) in [5.74, 6) is 0. The van der Waals surface area contributed by atoms with Crippen LogP contribution >= 0.6 is 38.5 Å². The lowest BCUT2D eigenvalue weighted by molar-refractivity contribution is 0.636. The average Bonchev–Trinajstić information content (AvgIpc) is 2.66. The summed E-state index contributed by atoms with van der Waals surface area (Å²) in [5, 5.41) is 4.51. The van der Waals surface area contributed by atoms with Crippen LogP contribution in [0.15, 0.2) is 28.7 Å². The largest absolute Gasteiger partial charge is 0.324 e. The molecule has 0 bridgehead atoms. The third-order valence-corrected chi connectivity index (χ3v) is 4.78. The van der Waals surface area contributed by atoms with Crippen molar-refractivity contribution in [2.75, 3.05) is 0 Å². The maximum atomic E-state index is 6.32. The molecule has 0 radical (unpaired) electrons. The number of rotatable bonds is 4. The van der Waals surface area contributed by atoms with Crippen molar-refractivity contribution in [3.05, 3.63) is 49.3 Å². The summed E-state index contributed by atoms with van der Waals surface area (Å²) >= 11 is 5.95. The maximum Gasteiger partial charge on any atom is 0.0766 e. The lowest BCUT2D eigenvalue weighted by atomic mass is 10.0. The smallest absolute Gasteiger partial charge is 0.0766 e. The van der Waals surface area contributed by atoms with Crippen LogP contribution in [0.1, 0.15) is 29.9 Å². The van der Waals surface area contributed by atoms with Crippen LogP contribution in [0.3, 0.4) is 0 Å². The van der Waals surface area contributed by atoms with E-state index in [4.69, 9.17) is 5.73 Å². The van der Waals surface area contributed by atoms with Gasteiger partial charge >= 0.3 is 0 Å². The Balaban J connectivity index is 2.24. The van der Waals surface area contributed by atoms with Crippen molar-refractivity contribution >= 4 is 38.5 Å². The summed E-state index contributed by atoms with van der Waals surface area (Å²) in [6.45, 7) is 2.11. The Kier molecular flexibility index (Phi) is 5.03. The molecular formula is C14H17BrIN3. The van der Waals surface area contributed by atoms with E-state index in [1.807, 2.05) is 17.8 Å². The van der Waals surface area contributed by atoms with Gasteiger partial charge in [0.25, 0.3) is 0 Å². The molecule has 1 aromatic heterocycles. The van der Waals surface area contributed by atoms with E-state index < -0.39 is 0 Å². The Morgan fingerprint density at radius 1 is 1.47 bits per heavy atom. The second-order valence-corrected chi connectivity index (χ2v) is 6.59. The highest BCUT2D eigenvalue weighted by Crippen LogP contribution is 2.26. The Bertz CT molecular complexity index is 580. The monoisotopic (exact) mass is 433 g/mol. The molecule has 0 aliphatic carbocycles. The van der Waals surface area contributed by atoms with E-state index in [0.717, 1.165) is 34.3 Å². The van der Waals surface area contributed by atoms with Gasteiger partial charge in [0, 0.05) is 23.1 Å². The van der Waals surface area contributed by atoms with Gasteiger partial charge in [-0.15, -0.1) is 0 Å². The highest BCUT2D eigenvalue weighted by Gasteiger charge is 2.16. The molecule has 0 amide bonds. The zero-order chi connectivity index (χ0) is 14.0. The van der Waals surface area contributed by atoms with E-state index in [2.05, 4.69) is 68.7 Å². The molecule has 2 rings (SSSR count). The molecule has 2 aromatic rings. The molecule has 1 aromatic carbocycles. The van der Waals surface area contributed by atoms with Gasteiger partial charge in [0.1, 0.15) is 0 Å². The Morgan fingerprint density at radius 3 is 2.79 bits per heavy atom. The van der Waals surface area contributed by atoms with Gasteiger partial charge in [-0.2, -0.15) is 5.10 Å². The second-order valence-electron chi connectivity index (χ2n) is 4.55. The van der Waals surface area contributed by atoms with Gasteiger partial charge in [-0.1, -0.05) is 19.1 Å². The molecule has 1 atom stereocenters. The first-order chi connectivity index (χ1) is 9.02. The van der Waals surface area contributed by atoms with Crippen LogP contribution in [0.25, 0.3) is 0 Å². The van der Waals surface area contributed by atoms with Crippen molar-refractivity contribution in [1.29, 1.82) is 0 Å². The van der Waals surface area contributed by atoms with Gasteiger partial charge in [-0.3, -0.25) is 4.68 Å². The minimum absolute atomic E-state index is 0.00822. The summed E-state index contributed by atoms with van der Waals surface area (Å²) in [7, 11) is 1.97. The predicted octanol–water partition coefficient (Wildman–Crippen LogP) is 3.59. The van der Waals surface area contributed by atoms with E-state index in [-0.39, 0.29) is 6.04 Å². The van der Waals surface area contributed by atoms with Gasteiger partial charge in [0.15, 0.2) is 0 Å². The molecule has 0 saturated carbocycles. The lowest BCUT2D eigenvalue weighted by Gasteiger charge is -2.13. The van der Waals surface area contributed by atoms with E-state index in [1.165, 1.54) is 3.57 Å². The number of hydrogen-bond acceptors (Lipinski definition) is 2. The number of halogens is 2. The second kappa shape index (κ2) is 6.37. The Labute approximate surface area is 135 Å². The van der Waals surface area contributed by atoms with Crippen molar-refractivity contribution in [2.24, 2.45) is 12.8 Å². The Morgan fingerprint density at radius 2 is 2.21 bits per heavy atom. The summed E-state index contributed by atoms with van der Waals surface area (Å²) in [6.07, 6.45) is 1.71. The van der Waals surface area contributed by atoms with E-state index in [9.17, 15) is 0 Å². The molecular weight excluding hydrogens is 417 g/mol. The molecule has 5 heteroatoms. The fraction of sp³-hybridized carbons (Fsp3) is 0.357. The molecule has 102 valence electrons. The normalized spacial score (nSPS) is 12.7. The average molecular weight is 434 g/mol. The number of aromatic nitrogens is 2. The fourth-order valence-electron chi connectivity index (χ4n) is 2.10. The predicted molar refractivity (Wildman–Crippen MR) is 90.1 cm³/mol. The van der Waals surface area contributed by atoms with Crippen molar-refractivity contribution in [2.45, 2.75) is 25.8 Å². The maximum absolute atomic E-state index is 6.32. The zero-order valence-corrected chi connectivity index (χ0v) is 14.8. The van der Waals surface area contributed by atoms with Gasteiger partial charge in [-0.05, 0) is 62.6 Å². The van der Waals surface area contributed by atoms with Crippen molar-refractivity contribution in [3.8, 4) is 0 Å². The molecule has 0 spiro atoms. The molecule has 19 heavy (non-hydrogen) atoms. The molecule has 0 aliphatic rings. The SMILES string of the molecule is CCc1nn(C)c(CC(N)c2cccc(I)c2)c1Br. The van der Waals surface area contributed by atoms with Crippen LogP contribution in [0.2, 0.25) is 0 Å². The van der Waals surface area contributed by atoms with Crippen LogP contribution in [-0.2, 0) is 19.9 Å². The third kappa shape index (κ3) is 3.38. The lowest BCUT2D eigenvalue weighted by Crippen LogP contribution is -2.15. The number of aryl methyl sites for hydroxylation is 2. The zero-order valence-electron chi connectivity index (χ0n) is 11.0. The minimum Gasteiger partial charge on any atom is -0.324 e. The molecule has 1 heterocycles. The first kappa shape index (κ1) is 15.0. The van der Waals surface area contributed by atoms with Gasteiger partial charge < -0.3 is 5.73 Å². The summed E-state index contributed by atoms with van der Waals surface area (Å²) in [4.78, 5) is 0. The number of nitrogens with two attached hydrogens (primary N) is 1. The molecule has 3 nitrogen and oxygen atoms in total. The van der Waals surface area contributed by atoms with Crippen molar-refractivity contribution in [3.63, 3.8) is 0 Å². The standard InChI is InChI=1S/C14H17BrIN3/c1-3-12-14(15)13(19(2)18-12)8-11(17)9-5-4-6-10(16)7-9/h4-7,11H,3,8,17H2,1-2H3. The van der Waals surface area contributed by atoms with Crippen LogP contribution in [0.4, 0.5) is 0 Å². The number of hydrogen-bond donors (Lipinski definition) is 1. The number of benzene rings is 1. The molecule has 2 N–H and O–H groups in total. The molecule has 0 aliphatic heterocycles. The van der Waals surface area contributed by atoms with Crippen LogP contribution in [0.5, 0.6) is 0 Å². The minimum atomic E-state index is -0.00822. The highest BCUT2D eigenvalue weighted by molar-refractivity contribution is 14.1. The number of nitrogens with zero attached hydrogens (tertiary/aromatic N) is 2. The van der Waals surface area contributed by atoms with Crippen molar-refractivity contribution in [1.82, 2.24) is 9.78 Å². The Hall–Kier alpha value is -0.400. The first-order valence-electron chi connectivity index (χ1n) is 6.24. The first-order valence-corrected chi connectivity index (χ1v) is 8.11. The fourth-order valence-corrected chi connectivity index (χ4v) is 3.45. The van der Waals surface area contributed by atoms with Gasteiger partial charge in [0.2, 0.25) is 0 Å². The topological polar surface area (TPSA) is 43.8 Å². The van der Waals surface area contributed by atoms with Crippen LogP contribution < -0.4 is 5.73 Å². The van der Waals surface area contributed by atoms with Crippen LogP contribution in [0, 0.1) is 3.57 Å². The molecule has 1 unspecified atom stereocenters. The van der Waals surface area contributed by atoms with Crippen LogP contribution in [-0.4, -0.2) is 9.78 Å². The third-order valence-electron chi connectivity index (χ3n) is 3.19. The van der Waals surface area contributed by atoms with E-state index in [0.29, 0.717) is 0 Å². The van der Waals surface area contributed by atoms with Crippen molar-refractivity contribution < 1.29 is 0 Å². The summed E-state index contributed by atoms with van der Waals surface area (Å²) in [5.41, 5.74) is 9.73. The summed E-state index contributed by atoms with van der Waals surface area (Å²) in [6, 6.07) is 8.33. The summed E-state index contributed by atoms with van der Waals surface area (Å²) < 4.78 is 4.24. The van der Waals surface area contributed by atoms with E-state index in [1.54, 1.807) is 0 Å². The van der Waals surface area contributed by atoms with E-state index >= 15 is 0 Å². The van der Waals surface area contributed by atoms with Gasteiger partial charge in [0.05, 0.1) is 15.9 Å². The highest BCUT2D eigenvalue weighted by atomic mass is 127. The quantitative estimate of drug-likeness (QED) is 0.748. The molecule has 0 fully saturated rings. The molecule has 0 saturated heterocycles.